The topological polar surface area (TPSA) is 12.0 Å². The second-order valence-electron chi connectivity index (χ2n) is 12.2. The van der Waals surface area contributed by atoms with Crippen molar-refractivity contribution >= 4 is 7.85 Å². The van der Waals surface area contributed by atoms with E-state index in [1.165, 1.54) is 57.8 Å². The van der Waals surface area contributed by atoms with Gasteiger partial charge in [-0.2, -0.15) is 0 Å². The van der Waals surface area contributed by atoms with Crippen molar-refractivity contribution in [3.05, 3.63) is 0 Å². The molecule has 0 rings (SSSR count). The number of hydrogen-bond donors (Lipinski definition) is 1. The minimum absolute atomic E-state index is 0.165. The molecule has 2 atom stereocenters. The first-order chi connectivity index (χ1) is 12.7. The summed E-state index contributed by atoms with van der Waals surface area (Å²) in [6, 6.07) is 0. The van der Waals surface area contributed by atoms with Crippen molar-refractivity contribution in [2.24, 2.45) is 22.2 Å². The van der Waals surface area contributed by atoms with Crippen LogP contribution in [0.4, 0.5) is 0 Å². The van der Waals surface area contributed by atoms with E-state index in [0.29, 0.717) is 16.7 Å². The lowest BCUT2D eigenvalue weighted by Crippen LogP contribution is -2.43. The van der Waals surface area contributed by atoms with Gasteiger partial charge in [0.05, 0.1) is 7.85 Å². The molecule has 1 nitrogen and oxygen atoms in total. The summed E-state index contributed by atoms with van der Waals surface area (Å²) in [5.41, 5.74) is 0.963. The van der Waals surface area contributed by atoms with Gasteiger partial charge in [0.2, 0.25) is 0 Å². The van der Waals surface area contributed by atoms with E-state index < -0.39 is 0 Å². The second-order valence-corrected chi connectivity index (χ2v) is 12.2. The zero-order valence-corrected chi connectivity index (χ0v) is 21.4. The Morgan fingerprint density at radius 3 is 1.61 bits per heavy atom. The van der Waals surface area contributed by atoms with Crippen molar-refractivity contribution in [1.29, 1.82) is 0 Å². The third-order valence-electron chi connectivity index (χ3n) is 6.74. The van der Waals surface area contributed by atoms with Crippen LogP contribution < -0.4 is 5.32 Å². The summed E-state index contributed by atoms with van der Waals surface area (Å²) < 4.78 is 0. The van der Waals surface area contributed by atoms with E-state index in [1.54, 1.807) is 0 Å². The van der Waals surface area contributed by atoms with Crippen LogP contribution >= 0.6 is 0 Å². The maximum Gasteiger partial charge on any atom is 0.0760 e. The molecule has 0 saturated carbocycles. The highest BCUT2D eigenvalue weighted by atomic mass is 14.8. The Morgan fingerprint density at radius 2 is 1.25 bits per heavy atom. The molecule has 1 N–H and O–H groups in total. The first-order valence-electron chi connectivity index (χ1n) is 12.2. The van der Waals surface area contributed by atoms with Crippen LogP contribution in [0.25, 0.3) is 0 Å². The van der Waals surface area contributed by atoms with E-state index in [9.17, 15) is 0 Å². The molecule has 0 spiro atoms. The molecule has 0 bridgehead atoms. The quantitative estimate of drug-likeness (QED) is 0.219. The first kappa shape index (κ1) is 28.0. The smallest absolute Gasteiger partial charge is 0.0760 e. The molecule has 0 aromatic heterocycles. The van der Waals surface area contributed by atoms with Crippen LogP contribution in [-0.2, 0) is 0 Å². The normalized spacial score (nSPS) is 16.8. The van der Waals surface area contributed by atoms with Gasteiger partial charge < -0.3 is 5.32 Å². The molecule has 2 unspecified atom stereocenters. The molecular formula is C26H54BN. The highest BCUT2D eigenvalue weighted by molar-refractivity contribution is 6.15. The summed E-state index contributed by atoms with van der Waals surface area (Å²) in [5, 5.41) is 3.15. The number of nitrogens with one attached hydrogen (secondary N) is 1. The lowest BCUT2D eigenvalue weighted by atomic mass is 9.51. The van der Waals surface area contributed by atoms with E-state index in [-0.39, 0.29) is 10.7 Å². The van der Waals surface area contributed by atoms with E-state index in [2.05, 4.69) is 67.6 Å². The monoisotopic (exact) mass is 391 g/mol. The maximum absolute atomic E-state index is 6.74. The number of hydrogen-bond acceptors (Lipinski definition) is 1. The average Bonchev–Trinajstić information content (AvgIpc) is 2.51. The minimum Gasteiger partial charge on any atom is -0.320 e. The predicted molar refractivity (Wildman–Crippen MR) is 130 cm³/mol. The number of rotatable bonds is 15. The van der Waals surface area contributed by atoms with Crippen molar-refractivity contribution < 1.29 is 0 Å². The Balaban J connectivity index is 5.84. The predicted octanol–water partition coefficient (Wildman–Crippen LogP) is 8.19. The van der Waals surface area contributed by atoms with Crippen molar-refractivity contribution in [3.63, 3.8) is 0 Å². The lowest BCUT2D eigenvalue weighted by molar-refractivity contribution is -0.00370. The zero-order chi connectivity index (χ0) is 22.1. The van der Waals surface area contributed by atoms with Crippen LogP contribution in [0, 0.1) is 22.2 Å². The summed E-state index contributed by atoms with van der Waals surface area (Å²) in [6.45, 7) is 22.6. The third-order valence-corrected chi connectivity index (χ3v) is 6.74. The van der Waals surface area contributed by atoms with Gasteiger partial charge in [0.25, 0.3) is 0 Å². The molecule has 0 aliphatic rings. The van der Waals surface area contributed by atoms with Crippen LogP contribution in [0.3, 0.4) is 0 Å². The van der Waals surface area contributed by atoms with Crippen molar-refractivity contribution in [1.82, 2.24) is 5.32 Å². The Labute approximate surface area is 181 Å². The summed E-state index contributed by atoms with van der Waals surface area (Å²) >= 11 is 0. The van der Waals surface area contributed by atoms with Crippen LogP contribution in [0.5, 0.6) is 0 Å². The maximum atomic E-state index is 6.74. The van der Waals surface area contributed by atoms with Gasteiger partial charge in [0.1, 0.15) is 0 Å². The Morgan fingerprint density at radius 1 is 0.786 bits per heavy atom. The molecule has 0 aromatic rings. The standard InChI is InChI=1S/C26H54BN/c1-11-13-15-17-25(8,18-16-14-12-2)22(19-23(3,4)5)24(6,7)20-26(9,27)21-28-10/h22,28H,11-21H2,1-10H3. The molecule has 0 saturated heterocycles. The highest BCUT2D eigenvalue weighted by Crippen LogP contribution is 2.55. The van der Waals surface area contributed by atoms with E-state index in [1.807, 2.05) is 7.05 Å². The molecule has 166 valence electrons. The lowest BCUT2D eigenvalue weighted by Gasteiger charge is -2.52. The zero-order valence-electron chi connectivity index (χ0n) is 21.4. The fraction of sp³-hybridized carbons (Fsp3) is 1.00. The van der Waals surface area contributed by atoms with Gasteiger partial charge in [-0.15, -0.1) is 0 Å². The minimum atomic E-state index is -0.165. The fourth-order valence-corrected chi connectivity index (χ4v) is 5.74. The van der Waals surface area contributed by atoms with Crippen LogP contribution in [0.1, 0.15) is 127 Å². The third kappa shape index (κ3) is 10.7. The summed E-state index contributed by atoms with van der Waals surface area (Å²) in [4.78, 5) is 0. The van der Waals surface area contributed by atoms with Crippen LogP contribution in [-0.4, -0.2) is 21.4 Å². The van der Waals surface area contributed by atoms with Crippen molar-refractivity contribution in [3.8, 4) is 0 Å². The largest absolute Gasteiger partial charge is 0.320 e. The van der Waals surface area contributed by atoms with Gasteiger partial charge in [0.15, 0.2) is 0 Å². The second kappa shape index (κ2) is 12.0. The Bertz CT molecular complexity index is 395. The number of unbranched alkanes of at least 4 members (excludes halogenated alkanes) is 4. The van der Waals surface area contributed by atoms with Gasteiger partial charge >= 0.3 is 0 Å². The van der Waals surface area contributed by atoms with Crippen molar-refractivity contribution in [2.75, 3.05) is 13.6 Å². The molecule has 0 fully saturated rings. The van der Waals surface area contributed by atoms with Crippen molar-refractivity contribution in [2.45, 2.75) is 132 Å². The van der Waals surface area contributed by atoms with Gasteiger partial charge in [0, 0.05) is 0 Å². The average molecular weight is 392 g/mol. The first-order valence-corrected chi connectivity index (χ1v) is 12.2. The molecule has 28 heavy (non-hydrogen) atoms. The fourth-order valence-electron chi connectivity index (χ4n) is 5.74. The molecule has 0 heterocycles. The van der Waals surface area contributed by atoms with Crippen LogP contribution in [0.2, 0.25) is 5.31 Å². The van der Waals surface area contributed by atoms with E-state index in [0.717, 1.165) is 13.0 Å². The Kier molecular flexibility index (Phi) is 12.0. The molecule has 0 aliphatic heterocycles. The van der Waals surface area contributed by atoms with E-state index >= 15 is 0 Å². The van der Waals surface area contributed by atoms with Gasteiger partial charge in [-0.05, 0) is 61.4 Å². The molecule has 0 amide bonds. The van der Waals surface area contributed by atoms with Gasteiger partial charge in [-0.3, -0.25) is 0 Å². The van der Waals surface area contributed by atoms with E-state index in [4.69, 9.17) is 7.85 Å². The molecule has 0 aromatic carbocycles. The molecular weight excluding hydrogens is 337 g/mol. The SMILES string of the molecule is [B]C(C)(CNC)CC(C)(C)C(CC(C)(C)C)C(C)(CCCCC)CCCCC. The molecule has 0 aliphatic carbocycles. The Hall–Kier alpha value is 0.0249. The summed E-state index contributed by atoms with van der Waals surface area (Å²) in [7, 11) is 8.76. The summed E-state index contributed by atoms with van der Waals surface area (Å²) in [5.74, 6) is 0.688. The van der Waals surface area contributed by atoms with Crippen LogP contribution in [0.15, 0.2) is 0 Å². The summed E-state index contributed by atoms with van der Waals surface area (Å²) in [6.07, 6.45) is 13.1. The van der Waals surface area contributed by atoms with Gasteiger partial charge in [-0.25, -0.2) is 0 Å². The highest BCUT2D eigenvalue weighted by Gasteiger charge is 2.45. The van der Waals surface area contributed by atoms with Gasteiger partial charge in [-0.1, -0.05) is 106 Å². The molecule has 2 heteroatoms. The molecule has 2 radical (unpaired) electrons.